The third kappa shape index (κ3) is 2.15. The minimum Gasteiger partial charge on any atom is -0.324 e. The van der Waals surface area contributed by atoms with E-state index in [1.807, 2.05) is 12.1 Å². The summed E-state index contributed by atoms with van der Waals surface area (Å²) >= 11 is 1.51. The first-order valence-corrected chi connectivity index (χ1v) is 7.04. The number of carbonyl (C=O) groups is 2. The van der Waals surface area contributed by atoms with Crippen LogP contribution in [0.4, 0.5) is 5.69 Å². The molecular formula is C13H14N2O2S. The maximum Gasteiger partial charge on any atom is 0.234 e. The number of fused-ring (bicyclic) bond motifs is 1. The van der Waals surface area contributed by atoms with Gasteiger partial charge >= 0.3 is 0 Å². The molecule has 0 saturated carbocycles. The van der Waals surface area contributed by atoms with Crippen molar-refractivity contribution in [2.45, 2.75) is 11.3 Å². The number of Topliss-reactive ketones (excluding diaryl/α,β-unsaturated/α-hetero) is 1. The molecule has 0 aromatic heterocycles. The maximum atomic E-state index is 12.3. The summed E-state index contributed by atoms with van der Waals surface area (Å²) in [5, 5.41) is 6.02. The van der Waals surface area contributed by atoms with Gasteiger partial charge in [0.15, 0.2) is 5.78 Å². The second kappa shape index (κ2) is 4.74. The molecule has 4 nitrogen and oxygen atoms in total. The second-order valence-corrected chi connectivity index (χ2v) is 5.62. The van der Waals surface area contributed by atoms with Crippen LogP contribution in [0.5, 0.6) is 0 Å². The lowest BCUT2D eigenvalue weighted by atomic mass is 9.96. The van der Waals surface area contributed by atoms with Gasteiger partial charge in [0.1, 0.15) is 0 Å². The summed E-state index contributed by atoms with van der Waals surface area (Å²) in [4.78, 5) is 24.6. The Morgan fingerprint density at radius 1 is 1.39 bits per heavy atom. The van der Waals surface area contributed by atoms with Gasteiger partial charge in [0.05, 0.1) is 11.4 Å². The Bertz CT molecular complexity index is 510. The maximum absolute atomic E-state index is 12.3. The van der Waals surface area contributed by atoms with Gasteiger partial charge in [-0.2, -0.15) is 0 Å². The fourth-order valence-electron chi connectivity index (χ4n) is 2.35. The van der Waals surface area contributed by atoms with Crippen LogP contribution in [0.15, 0.2) is 23.1 Å². The van der Waals surface area contributed by atoms with Crippen LogP contribution in [0.25, 0.3) is 0 Å². The lowest BCUT2D eigenvalue weighted by Crippen LogP contribution is -2.21. The predicted molar refractivity (Wildman–Crippen MR) is 71.1 cm³/mol. The average Bonchev–Trinajstić information content (AvgIpc) is 2.90. The van der Waals surface area contributed by atoms with Crippen LogP contribution in [0.1, 0.15) is 16.8 Å². The van der Waals surface area contributed by atoms with Crippen LogP contribution in [-0.4, -0.2) is 30.5 Å². The highest BCUT2D eigenvalue weighted by Gasteiger charge is 2.25. The largest absolute Gasteiger partial charge is 0.324 e. The predicted octanol–water partition coefficient (Wildman–Crippen LogP) is 1.52. The van der Waals surface area contributed by atoms with Crippen molar-refractivity contribution < 1.29 is 9.59 Å². The van der Waals surface area contributed by atoms with Crippen molar-refractivity contribution in [2.75, 3.05) is 24.2 Å². The van der Waals surface area contributed by atoms with Crippen molar-refractivity contribution in [3.05, 3.63) is 23.8 Å². The van der Waals surface area contributed by atoms with E-state index in [1.54, 1.807) is 6.07 Å². The van der Waals surface area contributed by atoms with E-state index in [9.17, 15) is 9.59 Å². The fourth-order valence-corrected chi connectivity index (χ4v) is 3.14. The van der Waals surface area contributed by atoms with Gasteiger partial charge in [-0.1, -0.05) is 6.07 Å². The number of benzene rings is 1. The molecule has 0 spiro atoms. The summed E-state index contributed by atoms with van der Waals surface area (Å²) in [5.74, 6) is 0.703. The molecule has 1 amide bonds. The average molecular weight is 262 g/mol. The topological polar surface area (TPSA) is 58.2 Å². The number of hydrogen-bond acceptors (Lipinski definition) is 4. The van der Waals surface area contributed by atoms with Crippen LogP contribution in [0, 0.1) is 5.92 Å². The SMILES string of the molecule is O=C1CSc2ccc(C(=O)C3CCNC3)cc2N1. The molecule has 1 atom stereocenters. The number of nitrogens with one attached hydrogen (secondary N) is 2. The van der Waals surface area contributed by atoms with Crippen LogP contribution >= 0.6 is 11.8 Å². The Kier molecular flexibility index (Phi) is 3.09. The normalized spacial score (nSPS) is 22.4. The molecular weight excluding hydrogens is 248 g/mol. The smallest absolute Gasteiger partial charge is 0.234 e. The molecule has 1 fully saturated rings. The van der Waals surface area contributed by atoms with E-state index in [2.05, 4.69) is 10.6 Å². The van der Waals surface area contributed by atoms with E-state index >= 15 is 0 Å². The highest BCUT2D eigenvalue weighted by atomic mass is 32.2. The molecule has 2 aliphatic heterocycles. The van der Waals surface area contributed by atoms with Crippen molar-refractivity contribution in [3.63, 3.8) is 0 Å². The quantitative estimate of drug-likeness (QED) is 0.793. The first-order valence-electron chi connectivity index (χ1n) is 6.05. The van der Waals surface area contributed by atoms with Gasteiger partial charge < -0.3 is 10.6 Å². The standard InChI is InChI=1S/C13H14N2O2S/c16-12-7-18-11-2-1-8(5-10(11)15-12)13(17)9-3-4-14-6-9/h1-2,5,9,14H,3-4,6-7H2,(H,15,16). The summed E-state index contributed by atoms with van der Waals surface area (Å²) < 4.78 is 0. The first-order chi connectivity index (χ1) is 8.74. The van der Waals surface area contributed by atoms with Gasteiger partial charge in [0, 0.05) is 22.9 Å². The third-order valence-corrected chi connectivity index (χ3v) is 4.40. The highest BCUT2D eigenvalue weighted by molar-refractivity contribution is 8.00. The van der Waals surface area contributed by atoms with E-state index in [0.29, 0.717) is 11.3 Å². The van der Waals surface area contributed by atoms with Gasteiger partial charge in [0.25, 0.3) is 0 Å². The molecule has 1 unspecified atom stereocenters. The highest BCUT2D eigenvalue weighted by Crippen LogP contribution is 2.32. The van der Waals surface area contributed by atoms with E-state index in [4.69, 9.17) is 0 Å². The number of amides is 1. The minimum atomic E-state index is -0.000341. The van der Waals surface area contributed by atoms with E-state index in [-0.39, 0.29) is 17.6 Å². The van der Waals surface area contributed by atoms with Gasteiger partial charge in [-0.05, 0) is 25.1 Å². The zero-order valence-corrected chi connectivity index (χ0v) is 10.7. The summed E-state index contributed by atoms with van der Waals surface area (Å²) in [6.45, 7) is 1.67. The molecule has 3 rings (SSSR count). The molecule has 2 aliphatic rings. The van der Waals surface area contributed by atoms with Crippen molar-refractivity contribution >= 4 is 29.1 Å². The third-order valence-electron chi connectivity index (χ3n) is 3.33. The van der Waals surface area contributed by atoms with Gasteiger partial charge in [-0.3, -0.25) is 9.59 Å². The molecule has 0 radical (unpaired) electrons. The van der Waals surface area contributed by atoms with Crippen LogP contribution in [0.3, 0.4) is 0 Å². The van der Waals surface area contributed by atoms with E-state index in [1.165, 1.54) is 11.8 Å². The van der Waals surface area contributed by atoms with Crippen molar-refractivity contribution in [1.82, 2.24) is 5.32 Å². The van der Waals surface area contributed by atoms with Gasteiger partial charge in [-0.25, -0.2) is 0 Å². The minimum absolute atomic E-state index is 0.000341. The summed E-state index contributed by atoms with van der Waals surface area (Å²) in [5.41, 5.74) is 1.47. The van der Waals surface area contributed by atoms with Gasteiger partial charge in [-0.15, -0.1) is 11.8 Å². The summed E-state index contributed by atoms with van der Waals surface area (Å²) in [7, 11) is 0. The molecule has 1 saturated heterocycles. The lowest BCUT2D eigenvalue weighted by Gasteiger charge is -2.17. The molecule has 0 aliphatic carbocycles. The number of anilines is 1. The van der Waals surface area contributed by atoms with Crippen molar-refractivity contribution in [2.24, 2.45) is 5.92 Å². The summed E-state index contributed by atoms with van der Waals surface area (Å²) in [6, 6.07) is 5.60. The van der Waals surface area contributed by atoms with Crippen LogP contribution in [0.2, 0.25) is 0 Å². The number of ketones is 1. The molecule has 1 aromatic carbocycles. The van der Waals surface area contributed by atoms with Gasteiger partial charge in [0.2, 0.25) is 5.91 Å². The van der Waals surface area contributed by atoms with E-state index in [0.717, 1.165) is 30.1 Å². The zero-order chi connectivity index (χ0) is 12.5. The number of rotatable bonds is 2. The number of hydrogen-bond donors (Lipinski definition) is 2. The molecule has 2 heterocycles. The molecule has 0 bridgehead atoms. The molecule has 1 aromatic rings. The van der Waals surface area contributed by atoms with Crippen LogP contribution in [-0.2, 0) is 4.79 Å². The molecule has 5 heteroatoms. The molecule has 2 N–H and O–H groups in total. The first kappa shape index (κ1) is 11.7. The second-order valence-electron chi connectivity index (χ2n) is 4.60. The number of carbonyl (C=O) groups excluding carboxylic acids is 2. The lowest BCUT2D eigenvalue weighted by molar-refractivity contribution is -0.113. The van der Waals surface area contributed by atoms with Crippen molar-refractivity contribution in [3.8, 4) is 0 Å². The fraction of sp³-hybridized carbons (Fsp3) is 0.385. The Labute approximate surface area is 110 Å². The van der Waals surface area contributed by atoms with Crippen molar-refractivity contribution in [1.29, 1.82) is 0 Å². The number of thioether (sulfide) groups is 1. The Hall–Kier alpha value is -1.33. The molecule has 18 heavy (non-hydrogen) atoms. The van der Waals surface area contributed by atoms with E-state index < -0.39 is 0 Å². The monoisotopic (exact) mass is 262 g/mol. The summed E-state index contributed by atoms with van der Waals surface area (Å²) in [6.07, 6.45) is 0.900. The van der Waals surface area contributed by atoms with Crippen LogP contribution < -0.4 is 10.6 Å². The zero-order valence-electron chi connectivity index (χ0n) is 9.86. The molecule has 94 valence electrons. The Morgan fingerprint density at radius 3 is 3.06 bits per heavy atom. The Balaban J connectivity index is 1.87. The Morgan fingerprint density at radius 2 is 2.28 bits per heavy atom.